The van der Waals surface area contributed by atoms with E-state index in [0.29, 0.717) is 16.3 Å². The summed E-state index contributed by atoms with van der Waals surface area (Å²) >= 11 is 6.00. The molecule has 0 aliphatic heterocycles. The fraction of sp³-hybridized carbons (Fsp3) is 0.500. The Kier molecular flexibility index (Phi) is 4.66. The number of nitrogens with two attached hydrogens (primary N) is 1. The predicted octanol–water partition coefficient (Wildman–Crippen LogP) is 2.35. The van der Waals surface area contributed by atoms with Gasteiger partial charge in [0.15, 0.2) is 0 Å². The number of carbonyl (C=O) groups is 1. The van der Waals surface area contributed by atoms with Crippen molar-refractivity contribution in [3.8, 4) is 0 Å². The third-order valence-corrected chi connectivity index (χ3v) is 3.86. The van der Waals surface area contributed by atoms with Crippen LogP contribution in [0.1, 0.15) is 42.5 Å². The van der Waals surface area contributed by atoms with Crippen molar-refractivity contribution in [2.75, 3.05) is 5.73 Å². The Morgan fingerprint density at radius 1 is 1.32 bits per heavy atom. The van der Waals surface area contributed by atoms with Gasteiger partial charge in [-0.1, -0.05) is 30.9 Å². The van der Waals surface area contributed by atoms with Gasteiger partial charge in [-0.25, -0.2) is 0 Å². The quantitative estimate of drug-likeness (QED) is 0.576. The first kappa shape index (κ1) is 14.2. The highest BCUT2D eigenvalue weighted by atomic mass is 35.5. The molecule has 1 saturated carbocycles. The maximum atomic E-state index is 12.2. The highest BCUT2D eigenvalue weighted by Gasteiger charge is 2.24. The molecule has 19 heavy (non-hydrogen) atoms. The Hall–Kier alpha value is -1.26. The van der Waals surface area contributed by atoms with E-state index in [4.69, 9.17) is 17.3 Å². The van der Waals surface area contributed by atoms with E-state index in [1.165, 1.54) is 0 Å². The molecule has 1 aromatic carbocycles. The third-order valence-electron chi connectivity index (χ3n) is 3.53. The first-order valence-corrected chi connectivity index (χ1v) is 6.99. The molecule has 2 atom stereocenters. The van der Waals surface area contributed by atoms with Gasteiger partial charge in [0.25, 0.3) is 5.91 Å². The van der Waals surface area contributed by atoms with Crippen molar-refractivity contribution in [1.82, 2.24) is 5.32 Å². The second kappa shape index (κ2) is 6.26. The normalized spacial score (nSPS) is 23.7. The van der Waals surface area contributed by atoms with Crippen LogP contribution in [0.3, 0.4) is 0 Å². The minimum absolute atomic E-state index is 0.201. The Labute approximate surface area is 117 Å². The lowest BCUT2D eigenvalue weighted by Crippen LogP contribution is -2.42. The van der Waals surface area contributed by atoms with Crippen molar-refractivity contribution in [1.29, 1.82) is 0 Å². The number of anilines is 1. The molecule has 1 amide bonds. The number of rotatable bonds is 2. The number of aliphatic hydroxyl groups is 1. The monoisotopic (exact) mass is 282 g/mol. The molecule has 104 valence electrons. The van der Waals surface area contributed by atoms with Crippen LogP contribution in [-0.2, 0) is 0 Å². The van der Waals surface area contributed by atoms with E-state index in [0.717, 1.165) is 32.1 Å². The topological polar surface area (TPSA) is 75.4 Å². The molecule has 0 heterocycles. The lowest BCUT2D eigenvalue weighted by Gasteiger charge is -2.22. The number of carbonyl (C=O) groups excluding carboxylic acids is 1. The number of halogens is 1. The first-order chi connectivity index (χ1) is 9.08. The van der Waals surface area contributed by atoms with E-state index >= 15 is 0 Å². The molecule has 4 N–H and O–H groups in total. The molecule has 0 radical (unpaired) electrons. The van der Waals surface area contributed by atoms with Gasteiger partial charge in [-0.15, -0.1) is 0 Å². The van der Waals surface area contributed by atoms with Crippen molar-refractivity contribution >= 4 is 23.2 Å². The van der Waals surface area contributed by atoms with E-state index in [2.05, 4.69) is 5.32 Å². The van der Waals surface area contributed by atoms with Crippen molar-refractivity contribution < 1.29 is 9.90 Å². The maximum absolute atomic E-state index is 12.2. The van der Waals surface area contributed by atoms with Gasteiger partial charge < -0.3 is 16.2 Å². The van der Waals surface area contributed by atoms with Crippen LogP contribution in [0.25, 0.3) is 0 Å². The average Bonchev–Trinajstić information content (AvgIpc) is 2.58. The lowest BCUT2D eigenvalue weighted by atomic mass is 10.1. The average molecular weight is 283 g/mol. The molecule has 1 aliphatic rings. The molecule has 2 rings (SSSR count). The summed E-state index contributed by atoms with van der Waals surface area (Å²) in [6.07, 6.45) is 4.18. The summed E-state index contributed by atoms with van der Waals surface area (Å²) in [4.78, 5) is 12.2. The van der Waals surface area contributed by atoms with Gasteiger partial charge >= 0.3 is 0 Å². The zero-order chi connectivity index (χ0) is 13.8. The van der Waals surface area contributed by atoms with Crippen LogP contribution in [0.15, 0.2) is 18.2 Å². The lowest BCUT2D eigenvalue weighted by molar-refractivity contribution is 0.0819. The number of hydrogen-bond donors (Lipinski definition) is 3. The summed E-state index contributed by atoms with van der Waals surface area (Å²) in [5.41, 5.74) is 6.52. The summed E-state index contributed by atoms with van der Waals surface area (Å²) in [6.45, 7) is 0. The van der Waals surface area contributed by atoms with E-state index in [-0.39, 0.29) is 11.9 Å². The predicted molar refractivity (Wildman–Crippen MR) is 76.2 cm³/mol. The summed E-state index contributed by atoms with van der Waals surface area (Å²) in [6, 6.07) is 4.61. The molecular formula is C14H19ClN2O2. The molecule has 0 bridgehead atoms. The Balaban J connectivity index is 2.09. The van der Waals surface area contributed by atoms with E-state index in [9.17, 15) is 9.90 Å². The maximum Gasteiger partial charge on any atom is 0.253 e. The highest BCUT2D eigenvalue weighted by Crippen LogP contribution is 2.21. The number of nitrogen functional groups attached to an aromatic ring is 1. The number of benzene rings is 1. The van der Waals surface area contributed by atoms with Crippen LogP contribution in [0.4, 0.5) is 5.69 Å². The highest BCUT2D eigenvalue weighted by molar-refractivity contribution is 6.34. The van der Waals surface area contributed by atoms with Crippen molar-refractivity contribution in [3.05, 3.63) is 28.8 Å². The van der Waals surface area contributed by atoms with Crippen LogP contribution in [0.5, 0.6) is 0 Å². The van der Waals surface area contributed by atoms with Gasteiger partial charge in [-0.3, -0.25) is 4.79 Å². The number of nitrogens with one attached hydrogen (secondary N) is 1. The number of amides is 1. The van der Waals surface area contributed by atoms with Crippen LogP contribution in [0.2, 0.25) is 5.02 Å². The fourth-order valence-electron chi connectivity index (χ4n) is 2.42. The van der Waals surface area contributed by atoms with Crippen molar-refractivity contribution in [2.24, 2.45) is 0 Å². The third kappa shape index (κ3) is 3.61. The molecule has 1 fully saturated rings. The Morgan fingerprint density at radius 2 is 2.05 bits per heavy atom. The largest absolute Gasteiger partial charge is 0.399 e. The summed E-state index contributed by atoms with van der Waals surface area (Å²) < 4.78 is 0. The van der Waals surface area contributed by atoms with Gasteiger partial charge in [0.1, 0.15) is 0 Å². The molecular weight excluding hydrogens is 264 g/mol. The van der Waals surface area contributed by atoms with E-state index in [1.54, 1.807) is 18.2 Å². The fourth-order valence-corrected chi connectivity index (χ4v) is 2.62. The standard InChI is InChI=1S/C14H19ClN2O2/c15-11-7-6-9(16)8-10(11)14(19)17-12-4-2-1-3-5-13(12)18/h6-8,12-13,18H,1-5,16H2,(H,17,19). The smallest absolute Gasteiger partial charge is 0.253 e. The van der Waals surface area contributed by atoms with E-state index < -0.39 is 6.10 Å². The molecule has 0 aromatic heterocycles. The molecule has 0 saturated heterocycles. The van der Waals surface area contributed by atoms with Gasteiger partial charge in [-0.05, 0) is 31.0 Å². The second-order valence-electron chi connectivity index (χ2n) is 5.02. The van der Waals surface area contributed by atoms with Crippen molar-refractivity contribution in [2.45, 2.75) is 44.2 Å². The van der Waals surface area contributed by atoms with Crippen LogP contribution >= 0.6 is 11.6 Å². The summed E-state index contributed by atoms with van der Waals surface area (Å²) in [5, 5.41) is 13.2. The van der Waals surface area contributed by atoms with Crippen LogP contribution in [0, 0.1) is 0 Å². The summed E-state index contributed by atoms with van der Waals surface area (Å²) in [5.74, 6) is -0.275. The molecule has 2 unspecified atom stereocenters. The number of hydrogen-bond acceptors (Lipinski definition) is 3. The van der Waals surface area contributed by atoms with Crippen LogP contribution in [-0.4, -0.2) is 23.2 Å². The minimum Gasteiger partial charge on any atom is -0.399 e. The Bertz CT molecular complexity index is 465. The zero-order valence-corrected chi connectivity index (χ0v) is 11.5. The first-order valence-electron chi connectivity index (χ1n) is 6.62. The molecule has 5 heteroatoms. The van der Waals surface area contributed by atoms with E-state index in [1.807, 2.05) is 0 Å². The molecule has 0 spiro atoms. The molecule has 4 nitrogen and oxygen atoms in total. The van der Waals surface area contributed by atoms with Gasteiger partial charge in [0.05, 0.1) is 22.7 Å². The zero-order valence-electron chi connectivity index (χ0n) is 10.7. The number of aliphatic hydroxyl groups excluding tert-OH is 1. The second-order valence-corrected chi connectivity index (χ2v) is 5.43. The Morgan fingerprint density at radius 3 is 2.84 bits per heavy atom. The SMILES string of the molecule is Nc1ccc(Cl)c(C(=O)NC2CCCCCC2O)c1. The van der Waals surface area contributed by atoms with Crippen LogP contribution < -0.4 is 11.1 Å². The summed E-state index contributed by atoms with van der Waals surface area (Å²) in [7, 11) is 0. The van der Waals surface area contributed by atoms with Gasteiger partial charge in [-0.2, -0.15) is 0 Å². The minimum atomic E-state index is -0.480. The molecule has 1 aromatic rings. The molecule has 1 aliphatic carbocycles. The van der Waals surface area contributed by atoms with Gasteiger partial charge in [0.2, 0.25) is 0 Å². The van der Waals surface area contributed by atoms with Crippen molar-refractivity contribution in [3.63, 3.8) is 0 Å². The van der Waals surface area contributed by atoms with Gasteiger partial charge in [0, 0.05) is 5.69 Å².